The van der Waals surface area contributed by atoms with Gasteiger partial charge in [0, 0.05) is 24.8 Å². The average Bonchev–Trinajstić information content (AvgIpc) is 2.27. The summed E-state index contributed by atoms with van der Waals surface area (Å²) in [5, 5.41) is 0. The van der Waals surface area contributed by atoms with Crippen molar-refractivity contribution in [1.29, 1.82) is 0 Å². The van der Waals surface area contributed by atoms with E-state index in [0.717, 1.165) is 11.1 Å². The highest BCUT2D eigenvalue weighted by Gasteiger charge is 2.25. The molecule has 4 heteroatoms. The molecule has 0 fully saturated rings. The largest absolute Gasteiger partial charge is 0.498 e. The van der Waals surface area contributed by atoms with Crippen molar-refractivity contribution in [2.24, 2.45) is 4.99 Å². The lowest BCUT2D eigenvalue weighted by atomic mass is 9.92. The quantitative estimate of drug-likeness (QED) is 0.705. The molecule has 4 nitrogen and oxygen atoms in total. The molecular formula is C12H13NO3. The molecule has 0 saturated heterocycles. The maximum Gasteiger partial charge on any atom is 0.270 e. The zero-order chi connectivity index (χ0) is 11.7. The third kappa shape index (κ3) is 1.72. The lowest BCUT2D eigenvalue weighted by molar-refractivity contribution is -0.113. The first-order valence-electron chi connectivity index (χ1n) is 4.97. The van der Waals surface area contributed by atoms with Gasteiger partial charge < -0.3 is 9.47 Å². The van der Waals surface area contributed by atoms with Crippen LogP contribution in [-0.4, -0.2) is 31.9 Å². The Balaban J connectivity index is 2.45. The van der Waals surface area contributed by atoms with Gasteiger partial charge >= 0.3 is 0 Å². The zero-order valence-corrected chi connectivity index (χ0v) is 9.48. The number of hydrogen-bond acceptors (Lipinski definition) is 3. The first-order valence-corrected chi connectivity index (χ1v) is 4.97. The number of fused-ring (bicyclic) bond motifs is 1. The van der Waals surface area contributed by atoms with E-state index >= 15 is 0 Å². The van der Waals surface area contributed by atoms with Crippen LogP contribution < -0.4 is 0 Å². The second-order valence-corrected chi connectivity index (χ2v) is 3.65. The van der Waals surface area contributed by atoms with Gasteiger partial charge in [-0.25, -0.2) is 4.99 Å². The molecule has 16 heavy (non-hydrogen) atoms. The van der Waals surface area contributed by atoms with E-state index in [1.807, 2.05) is 13.0 Å². The minimum absolute atomic E-state index is 0.212. The van der Waals surface area contributed by atoms with Crippen molar-refractivity contribution < 1.29 is 14.3 Å². The summed E-state index contributed by atoms with van der Waals surface area (Å²) in [5.74, 6) is 0.430. The summed E-state index contributed by atoms with van der Waals surface area (Å²) in [6, 6.07) is 0. The number of hydrogen-bond donors (Lipinski definition) is 0. The lowest BCUT2D eigenvalue weighted by Gasteiger charge is -2.23. The molecule has 0 aromatic heterocycles. The van der Waals surface area contributed by atoms with Crippen LogP contribution in [0.5, 0.6) is 0 Å². The highest BCUT2D eigenvalue weighted by molar-refractivity contribution is 6.20. The highest BCUT2D eigenvalue weighted by Crippen LogP contribution is 2.26. The molecular weight excluding hydrogens is 206 g/mol. The summed E-state index contributed by atoms with van der Waals surface area (Å²) in [6.07, 6.45) is 4.97. The van der Waals surface area contributed by atoms with Crippen LogP contribution in [0.3, 0.4) is 0 Å². The Labute approximate surface area is 94.0 Å². The fourth-order valence-electron chi connectivity index (χ4n) is 1.81. The molecule has 0 spiro atoms. The third-order valence-corrected chi connectivity index (χ3v) is 2.64. The van der Waals surface area contributed by atoms with E-state index in [-0.39, 0.29) is 12.0 Å². The molecule has 2 aliphatic rings. The summed E-state index contributed by atoms with van der Waals surface area (Å²) in [6.45, 7) is 1.89. The van der Waals surface area contributed by atoms with Crippen molar-refractivity contribution in [2.75, 3.05) is 14.2 Å². The van der Waals surface area contributed by atoms with Gasteiger partial charge in [0.2, 0.25) is 0 Å². The first-order chi connectivity index (χ1) is 7.65. The van der Waals surface area contributed by atoms with E-state index in [0.29, 0.717) is 11.5 Å². The summed E-state index contributed by atoms with van der Waals surface area (Å²) < 4.78 is 10.5. The maximum absolute atomic E-state index is 11.3. The van der Waals surface area contributed by atoms with Crippen LogP contribution in [0, 0.1) is 0 Å². The van der Waals surface area contributed by atoms with Gasteiger partial charge in [-0.2, -0.15) is 0 Å². The standard InChI is InChI=1S/C12H13NO3/c1-7-4-12(14)13-9-6-11(16-3)10(15-2)5-8(7)9/h4-6,10H,1-3H3. The van der Waals surface area contributed by atoms with Crippen LogP contribution in [0.25, 0.3) is 0 Å². The van der Waals surface area contributed by atoms with Gasteiger partial charge in [0.15, 0.2) is 0 Å². The number of allylic oxidation sites excluding steroid dienone is 3. The van der Waals surface area contributed by atoms with Crippen molar-refractivity contribution >= 4 is 11.6 Å². The molecule has 1 heterocycles. The van der Waals surface area contributed by atoms with E-state index in [1.54, 1.807) is 20.3 Å². The Morgan fingerprint density at radius 1 is 1.31 bits per heavy atom. The fourth-order valence-corrected chi connectivity index (χ4v) is 1.81. The molecule has 2 rings (SSSR count). The molecule has 0 saturated carbocycles. The van der Waals surface area contributed by atoms with Crippen molar-refractivity contribution in [3.8, 4) is 0 Å². The van der Waals surface area contributed by atoms with E-state index in [2.05, 4.69) is 4.99 Å². The van der Waals surface area contributed by atoms with Gasteiger partial charge in [-0.3, -0.25) is 4.79 Å². The number of nitrogens with zero attached hydrogens (tertiary/aromatic N) is 1. The summed E-state index contributed by atoms with van der Waals surface area (Å²) in [7, 11) is 3.19. The smallest absolute Gasteiger partial charge is 0.270 e. The minimum atomic E-state index is -0.229. The summed E-state index contributed by atoms with van der Waals surface area (Å²) in [4.78, 5) is 15.2. The van der Waals surface area contributed by atoms with Gasteiger partial charge in [-0.15, -0.1) is 0 Å². The molecule has 1 aliphatic carbocycles. The molecule has 84 valence electrons. The van der Waals surface area contributed by atoms with Crippen LogP contribution in [0.1, 0.15) is 6.92 Å². The minimum Gasteiger partial charge on any atom is -0.498 e. The highest BCUT2D eigenvalue weighted by atomic mass is 16.5. The van der Waals surface area contributed by atoms with Gasteiger partial charge in [0.1, 0.15) is 11.9 Å². The Morgan fingerprint density at radius 3 is 2.69 bits per heavy atom. The Bertz CT molecular complexity index is 455. The normalized spacial score (nSPS) is 23.9. The number of rotatable bonds is 2. The summed E-state index contributed by atoms with van der Waals surface area (Å²) >= 11 is 0. The van der Waals surface area contributed by atoms with Crippen LogP contribution >= 0.6 is 0 Å². The molecule has 0 bridgehead atoms. The zero-order valence-electron chi connectivity index (χ0n) is 9.48. The van der Waals surface area contributed by atoms with Gasteiger partial charge in [0.05, 0.1) is 12.8 Å². The average molecular weight is 219 g/mol. The van der Waals surface area contributed by atoms with Crippen LogP contribution in [0.15, 0.2) is 40.1 Å². The number of amides is 1. The van der Waals surface area contributed by atoms with Crippen LogP contribution in [0.4, 0.5) is 0 Å². The molecule has 0 radical (unpaired) electrons. The number of ether oxygens (including phenoxy) is 2. The fraction of sp³-hybridized carbons (Fsp3) is 0.333. The van der Waals surface area contributed by atoms with Gasteiger partial charge in [-0.05, 0) is 18.6 Å². The van der Waals surface area contributed by atoms with Gasteiger partial charge in [0.25, 0.3) is 5.91 Å². The number of methoxy groups -OCH3 is 2. The molecule has 1 unspecified atom stereocenters. The van der Waals surface area contributed by atoms with Gasteiger partial charge in [-0.1, -0.05) is 0 Å². The lowest BCUT2D eigenvalue weighted by Crippen LogP contribution is -2.23. The predicted octanol–water partition coefficient (Wildman–Crippen LogP) is 1.40. The van der Waals surface area contributed by atoms with Crippen LogP contribution in [-0.2, 0) is 14.3 Å². The maximum atomic E-state index is 11.3. The van der Waals surface area contributed by atoms with E-state index in [9.17, 15) is 4.79 Å². The molecule has 0 aromatic rings. The first kappa shape index (κ1) is 10.8. The number of dihydropyridines is 1. The molecule has 1 atom stereocenters. The van der Waals surface area contributed by atoms with E-state index < -0.39 is 0 Å². The van der Waals surface area contributed by atoms with E-state index in [1.165, 1.54) is 6.08 Å². The second kappa shape index (κ2) is 4.06. The van der Waals surface area contributed by atoms with Crippen molar-refractivity contribution in [3.63, 3.8) is 0 Å². The SMILES string of the molecule is COC1=CC2=NC(=O)C=C(C)C2=CC1OC. The summed E-state index contributed by atoms with van der Waals surface area (Å²) in [5.41, 5.74) is 2.49. The predicted molar refractivity (Wildman–Crippen MR) is 60.2 cm³/mol. The van der Waals surface area contributed by atoms with Crippen molar-refractivity contribution in [1.82, 2.24) is 0 Å². The molecule has 1 amide bonds. The second-order valence-electron chi connectivity index (χ2n) is 3.65. The van der Waals surface area contributed by atoms with Crippen molar-refractivity contribution in [2.45, 2.75) is 13.0 Å². The molecule has 1 aliphatic heterocycles. The number of carbonyl (C=O) groups excluding carboxylic acids is 1. The Hall–Kier alpha value is -1.68. The monoisotopic (exact) mass is 219 g/mol. The third-order valence-electron chi connectivity index (χ3n) is 2.64. The van der Waals surface area contributed by atoms with Crippen molar-refractivity contribution in [3.05, 3.63) is 35.1 Å². The Morgan fingerprint density at radius 2 is 2.06 bits per heavy atom. The number of aliphatic imine (C=N–C) groups is 1. The van der Waals surface area contributed by atoms with Crippen LogP contribution in [0.2, 0.25) is 0 Å². The molecule has 0 N–H and O–H groups in total. The van der Waals surface area contributed by atoms with E-state index in [4.69, 9.17) is 9.47 Å². The topological polar surface area (TPSA) is 47.9 Å². The Kier molecular flexibility index (Phi) is 2.75. The number of carbonyl (C=O) groups is 1. The molecule has 0 aromatic carbocycles.